The number of nitrogens with zero attached hydrogens (tertiary/aromatic N) is 5. The van der Waals surface area contributed by atoms with Gasteiger partial charge in [-0.3, -0.25) is 4.68 Å². The Morgan fingerprint density at radius 3 is 2.92 bits per heavy atom. The normalized spacial score (nSPS) is 17.9. The van der Waals surface area contributed by atoms with Crippen LogP contribution < -0.4 is 5.32 Å². The molecule has 0 spiro atoms. The summed E-state index contributed by atoms with van der Waals surface area (Å²) in [5.74, 6) is 1.44. The monoisotopic (exact) mass is 344 g/mol. The lowest BCUT2D eigenvalue weighted by Crippen LogP contribution is -2.45. The Morgan fingerprint density at radius 1 is 1.36 bits per heavy atom. The van der Waals surface area contributed by atoms with Crippen LogP contribution in [0.4, 0.5) is 4.79 Å². The molecule has 0 unspecified atom stereocenters. The average molecular weight is 344 g/mol. The Morgan fingerprint density at radius 2 is 2.20 bits per heavy atom. The van der Waals surface area contributed by atoms with Gasteiger partial charge >= 0.3 is 6.03 Å². The fourth-order valence-electron chi connectivity index (χ4n) is 3.52. The number of hydrogen-bond donors (Lipinski definition) is 1. The van der Waals surface area contributed by atoms with E-state index in [1.807, 2.05) is 28.9 Å². The maximum Gasteiger partial charge on any atom is 0.318 e. The van der Waals surface area contributed by atoms with Crippen molar-refractivity contribution in [3.63, 3.8) is 0 Å². The van der Waals surface area contributed by atoms with Gasteiger partial charge in [0.1, 0.15) is 5.82 Å². The molecule has 1 fully saturated rings. The van der Waals surface area contributed by atoms with Crippen LogP contribution in [0.25, 0.3) is 0 Å². The molecular formula is C18H28N6O. The van der Waals surface area contributed by atoms with Crippen molar-refractivity contribution in [2.24, 2.45) is 13.0 Å². The highest BCUT2D eigenvalue weighted by atomic mass is 16.2. The zero-order valence-corrected chi connectivity index (χ0v) is 15.4. The van der Waals surface area contributed by atoms with Crippen molar-refractivity contribution in [1.82, 2.24) is 29.5 Å². The van der Waals surface area contributed by atoms with Crippen molar-refractivity contribution in [2.45, 2.75) is 52.2 Å². The van der Waals surface area contributed by atoms with E-state index in [1.54, 1.807) is 12.4 Å². The summed E-state index contributed by atoms with van der Waals surface area (Å²) in [7, 11) is 1.93. The third-order valence-electron chi connectivity index (χ3n) is 4.73. The molecule has 3 heterocycles. The van der Waals surface area contributed by atoms with Crippen LogP contribution in [0.5, 0.6) is 0 Å². The van der Waals surface area contributed by atoms with E-state index in [-0.39, 0.29) is 12.1 Å². The summed E-state index contributed by atoms with van der Waals surface area (Å²) in [5.41, 5.74) is 1.09. The van der Waals surface area contributed by atoms with E-state index in [2.05, 4.69) is 33.8 Å². The SMILES string of the molecule is CC(C)Cn1ccnc1CNC(=O)N1CCCC[C@H]1c1ccnn1C. The van der Waals surface area contributed by atoms with Crippen molar-refractivity contribution in [1.29, 1.82) is 0 Å². The number of urea groups is 1. The summed E-state index contributed by atoms with van der Waals surface area (Å²) in [6.45, 7) is 6.49. The molecule has 0 radical (unpaired) electrons. The summed E-state index contributed by atoms with van der Waals surface area (Å²) in [6.07, 6.45) is 8.73. The van der Waals surface area contributed by atoms with Crippen molar-refractivity contribution in [3.05, 3.63) is 36.2 Å². The number of piperidine rings is 1. The number of hydrogen-bond acceptors (Lipinski definition) is 3. The quantitative estimate of drug-likeness (QED) is 0.907. The average Bonchev–Trinajstić information content (AvgIpc) is 3.21. The minimum atomic E-state index is -0.0232. The van der Waals surface area contributed by atoms with E-state index in [1.165, 1.54) is 0 Å². The van der Waals surface area contributed by atoms with Crippen molar-refractivity contribution >= 4 is 6.03 Å². The molecule has 7 nitrogen and oxygen atoms in total. The van der Waals surface area contributed by atoms with Crippen molar-refractivity contribution in [2.75, 3.05) is 6.54 Å². The van der Waals surface area contributed by atoms with E-state index < -0.39 is 0 Å². The molecule has 0 aliphatic carbocycles. The Balaban J connectivity index is 1.65. The van der Waals surface area contributed by atoms with Gasteiger partial charge in [0.2, 0.25) is 0 Å². The van der Waals surface area contributed by atoms with Gasteiger partial charge < -0.3 is 14.8 Å². The van der Waals surface area contributed by atoms with Gasteiger partial charge in [0.25, 0.3) is 0 Å². The third kappa shape index (κ3) is 4.03. The number of nitrogens with one attached hydrogen (secondary N) is 1. The molecule has 0 aromatic carbocycles. The van der Waals surface area contributed by atoms with Crippen LogP contribution in [0.1, 0.15) is 50.7 Å². The Bertz CT molecular complexity index is 704. The van der Waals surface area contributed by atoms with Gasteiger partial charge in [-0.25, -0.2) is 9.78 Å². The molecule has 25 heavy (non-hydrogen) atoms. The number of carbonyl (C=O) groups excluding carboxylic acids is 1. The molecule has 2 aromatic rings. The van der Waals surface area contributed by atoms with E-state index in [9.17, 15) is 4.79 Å². The molecule has 1 N–H and O–H groups in total. The van der Waals surface area contributed by atoms with E-state index in [0.717, 1.165) is 43.9 Å². The number of imidazole rings is 1. The van der Waals surface area contributed by atoms with Gasteiger partial charge in [-0.1, -0.05) is 13.8 Å². The van der Waals surface area contributed by atoms with Gasteiger partial charge in [-0.2, -0.15) is 5.10 Å². The van der Waals surface area contributed by atoms with Crippen LogP contribution in [0.2, 0.25) is 0 Å². The smallest absolute Gasteiger partial charge is 0.318 e. The molecule has 3 rings (SSSR count). The van der Waals surface area contributed by atoms with Crippen LogP contribution in [0, 0.1) is 5.92 Å². The summed E-state index contributed by atoms with van der Waals surface area (Å²) < 4.78 is 3.98. The summed E-state index contributed by atoms with van der Waals surface area (Å²) in [5, 5.41) is 7.31. The molecule has 2 aromatic heterocycles. The second-order valence-electron chi connectivity index (χ2n) is 7.13. The number of likely N-dealkylation sites (tertiary alicyclic amines) is 1. The van der Waals surface area contributed by atoms with Gasteiger partial charge in [-0.05, 0) is 31.2 Å². The lowest BCUT2D eigenvalue weighted by atomic mass is 10.00. The minimum Gasteiger partial charge on any atom is -0.333 e. The van der Waals surface area contributed by atoms with Crippen LogP contribution in [0.3, 0.4) is 0 Å². The zero-order valence-electron chi connectivity index (χ0n) is 15.4. The second kappa shape index (κ2) is 7.72. The van der Waals surface area contributed by atoms with E-state index in [4.69, 9.17) is 0 Å². The first kappa shape index (κ1) is 17.5. The molecule has 1 aliphatic heterocycles. The number of aromatic nitrogens is 4. The fraction of sp³-hybridized carbons (Fsp3) is 0.611. The standard InChI is InChI=1S/C18H28N6O/c1-14(2)13-23-11-9-19-17(23)12-20-18(25)24-10-5-4-6-16(24)15-7-8-21-22(15)3/h7-9,11,14,16H,4-6,10,12-13H2,1-3H3,(H,20,25)/t16-/m0/s1. The molecule has 136 valence electrons. The molecule has 1 saturated heterocycles. The summed E-state index contributed by atoms with van der Waals surface area (Å²) >= 11 is 0. The predicted molar refractivity (Wildman–Crippen MR) is 95.8 cm³/mol. The van der Waals surface area contributed by atoms with Crippen molar-refractivity contribution < 1.29 is 4.79 Å². The van der Waals surface area contributed by atoms with Crippen LogP contribution in [0.15, 0.2) is 24.7 Å². The Hall–Kier alpha value is -2.31. The van der Waals surface area contributed by atoms with Crippen molar-refractivity contribution in [3.8, 4) is 0 Å². The third-order valence-corrected chi connectivity index (χ3v) is 4.73. The fourth-order valence-corrected chi connectivity index (χ4v) is 3.52. The van der Waals surface area contributed by atoms with Crippen LogP contribution in [-0.2, 0) is 20.1 Å². The number of aryl methyl sites for hydroxylation is 1. The first-order valence-corrected chi connectivity index (χ1v) is 9.08. The molecule has 0 saturated carbocycles. The van der Waals surface area contributed by atoms with Gasteiger partial charge in [0, 0.05) is 38.7 Å². The minimum absolute atomic E-state index is 0.0232. The molecule has 1 aliphatic rings. The van der Waals surface area contributed by atoms with Gasteiger partial charge in [0.05, 0.1) is 18.3 Å². The summed E-state index contributed by atoms with van der Waals surface area (Å²) in [6, 6.07) is 2.08. The van der Waals surface area contributed by atoms with Gasteiger partial charge in [0.15, 0.2) is 0 Å². The molecular weight excluding hydrogens is 316 g/mol. The van der Waals surface area contributed by atoms with E-state index >= 15 is 0 Å². The Kier molecular flexibility index (Phi) is 5.40. The van der Waals surface area contributed by atoms with E-state index in [0.29, 0.717) is 12.5 Å². The highest BCUT2D eigenvalue weighted by Crippen LogP contribution is 2.30. The first-order valence-electron chi connectivity index (χ1n) is 9.08. The number of rotatable bonds is 5. The maximum absolute atomic E-state index is 12.8. The first-order chi connectivity index (χ1) is 12.1. The number of carbonyl (C=O) groups is 1. The lowest BCUT2D eigenvalue weighted by Gasteiger charge is -2.35. The topological polar surface area (TPSA) is 68.0 Å². The molecule has 2 amide bonds. The molecule has 7 heteroatoms. The highest BCUT2D eigenvalue weighted by Gasteiger charge is 2.29. The summed E-state index contributed by atoms with van der Waals surface area (Å²) in [4.78, 5) is 19.1. The molecule has 0 bridgehead atoms. The van der Waals surface area contributed by atoms with Gasteiger partial charge in [-0.15, -0.1) is 0 Å². The second-order valence-corrected chi connectivity index (χ2v) is 7.13. The van der Waals surface area contributed by atoms with Crippen LogP contribution >= 0.6 is 0 Å². The maximum atomic E-state index is 12.8. The lowest BCUT2D eigenvalue weighted by molar-refractivity contribution is 0.147. The number of amides is 2. The van der Waals surface area contributed by atoms with Crippen LogP contribution in [-0.4, -0.2) is 36.8 Å². The predicted octanol–water partition coefficient (Wildman–Crippen LogP) is 2.71. The highest BCUT2D eigenvalue weighted by molar-refractivity contribution is 5.74. The Labute approximate surface area is 149 Å². The molecule has 1 atom stereocenters. The zero-order chi connectivity index (χ0) is 17.8. The largest absolute Gasteiger partial charge is 0.333 e.